The van der Waals surface area contributed by atoms with Crippen molar-refractivity contribution >= 4 is 28.8 Å². The van der Waals surface area contributed by atoms with Gasteiger partial charge in [-0.15, -0.1) is 11.3 Å². The summed E-state index contributed by atoms with van der Waals surface area (Å²) in [5, 5.41) is 7.70. The van der Waals surface area contributed by atoms with Crippen LogP contribution in [-0.2, 0) is 16.1 Å². The summed E-state index contributed by atoms with van der Waals surface area (Å²) in [5.41, 5.74) is 2.06. The van der Waals surface area contributed by atoms with Crippen molar-refractivity contribution in [3.8, 4) is 11.5 Å². The van der Waals surface area contributed by atoms with E-state index >= 15 is 0 Å². The highest BCUT2D eigenvalue weighted by Crippen LogP contribution is 2.30. The van der Waals surface area contributed by atoms with Gasteiger partial charge in [0.2, 0.25) is 0 Å². The predicted molar refractivity (Wildman–Crippen MR) is 146 cm³/mol. The molecular weight excluding hydrogens is 488 g/mol. The van der Waals surface area contributed by atoms with Crippen molar-refractivity contribution in [3.63, 3.8) is 0 Å². The van der Waals surface area contributed by atoms with Crippen LogP contribution in [0.5, 0.6) is 11.5 Å². The number of methoxy groups -OCH3 is 2. The Morgan fingerprint density at radius 1 is 0.892 bits per heavy atom. The molecule has 1 aromatic heterocycles. The molecule has 0 saturated carbocycles. The minimum Gasteiger partial charge on any atom is -0.497 e. The summed E-state index contributed by atoms with van der Waals surface area (Å²) in [4.78, 5) is 31.2. The molecule has 1 fully saturated rings. The number of anilines is 1. The molecule has 0 unspecified atom stereocenters. The van der Waals surface area contributed by atoms with Crippen LogP contribution in [-0.4, -0.2) is 63.2 Å². The fourth-order valence-electron chi connectivity index (χ4n) is 4.61. The number of piperazine rings is 1. The fraction of sp³-hybridized carbons (Fsp3) is 0.357. The van der Waals surface area contributed by atoms with E-state index in [1.165, 1.54) is 10.6 Å². The Morgan fingerprint density at radius 2 is 1.51 bits per heavy atom. The molecule has 3 aromatic rings. The second-order valence-electron chi connectivity index (χ2n) is 8.97. The van der Waals surface area contributed by atoms with Gasteiger partial charge in [-0.1, -0.05) is 18.2 Å². The standard InChI is InChI=1S/C28H34N4O4S/c1-20(30-28(34)27(33)29-19-21-6-10-23(35-2)11-7-21)26(25-5-4-18-37-25)32-16-14-31(15-17-32)22-8-12-24(36-3)13-9-22/h4-13,18,20,26H,14-17,19H2,1-3H3,(H,29,33)(H,30,34)/t20-,26+/m1/s1. The summed E-state index contributed by atoms with van der Waals surface area (Å²) in [6.07, 6.45) is 0. The van der Waals surface area contributed by atoms with E-state index in [2.05, 4.69) is 38.6 Å². The van der Waals surface area contributed by atoms with E-state index in [-0.39, 0.29) is 18.6 Å². The average molecular weight is 523 g/mol. The second-order valence-corrected chi connectivity index (χ2v) is 9.95. The number of amides is 2. The monoisotopic (exact) mass is 522 g/mol. The fourth-order valence-corrected chi connectivity index (χ4v) is 5.57. The SMILES string of the molecule is COc1ccc(CNC(=O)C(=O)N[C@H](C)[C@@H](c2cccs2)N2CCN(c3ccc(OC)cc3)CC2)cc1. The summed E-state index contributed by atoms with van der Waals surface area (Å²) >= 11 is 1.67. The molecule has 1 aliphatic heterocycles. The highest BCUT2D eigenvalue weighted by Gasteiger charge is 2.32. The quantitative estimate of drug-likeness (QED) is 0.419. The van der Waals surface area contributed by atoms with Gasteiger partial charge in [0, 0.05) is 49.3 Å². The molecule has 2 N–H and O–H groups in total. The lowest BCUT2D eigenvalue weighted by atomic mass is 10.0. The van der Waals surface area contributed by atoms with Crippen LogP contribution in [0, 0.1) is 0 Å². The van der Waals surface area contributed by atoms with Gasteiger partial charge in [-0.05, 0) is 60.3 Å². The maximum absolute atomic E-state index is 12.7. The minimum absolute atomic E-state index is 0.0173. The molecule has 2 heterocycles. The highest BCUT2D eigenvalue weighted by molar-refractivity contribution is 7.10. The molecule has 1 saturated heterocycles. The van der Waals surface area contributed by atoms with Crippen molar-refractivity contribution in [1.82, 2.24) is 15.5 Å². The number of rotatable bonds is 9. The Bertz CT molecular complexity index is 1140. The Kier molecular flexibility index (Phi) is 9.03. The number of nitrogens with one attached hydrogen (secondary N) is 2. The van der Waals surface area contributed by atoms with Gasteiger partial charge in [-0.2, -0.15) is 0 Å². The first-order chi connectivity index (χ1) is 18.0. The van der Waals surface area contributed by atoms with Crippen LogP contribution in [0.3, 0.4) is 0 Å². The molecule has 0 bridgehead atoms. The average Bonchev–Trinajstić information content (AvgIpc) is 3.47. The van der Waals surface area contributed by atoms with Crippen LogP contribution in [0.15, 0.2) is 66.0 Å². The van der Waals surface area contributed by atoms with Crippen molar-refractivity contribution in [1.29, 1.82) is 0 Å². The van der Waals surface area contributed by atoms with E-state index in [4.69, 9.17) is 9.47 Å². The van der Waals surface area contributed by atoms with Crippen LogP contribution >= 0.6 is 11.3 Å². The highest BCUT2D eigenvalue weighted by atomic mass is 32.1. The number of thiophene rings is 1. The number of benzene rings is 2. The van der Waals surface area contributed by atoms with Gasteiger partial charge >= 0.3 is 11.8 Å². The molecule has 2 aromatic carbocycles. The maximum atomic E-state index is 12.7. The molecule has 37 heavy (non-hydrogen) atoms. The number of carbonyl (C=O) groups is 2. The summed E-state index contributed by atoms with van der Waals surface area (Å²) in [5.74, 6) is 0.320. The molecule has 2 amide bonds. The van der Waals surface area contributed by atoms with Gasteiger partial charge in [-0.3, -0.25) is 14.5 Å². The molecule has 9 heteroatoms. The third-order valence-corrected chi connectivity index (χ3v) is 7.57. The molecule has 0 radical (unpaired) electrons. The van der Waals surface area contributed by atoms with Crippen LogP contribution in [0.25, 0.3) is 0 Å². The first-order valence-electron chi connectivity index (χ1n) is 12.4. The van der Waals surface area contributed by atoms with Crippen LogP contribution < -0.4 is 25.0 Å². The van der Waals surface area contributed by atoms with Crippen molar-refractivity contribution in [3.05, 3.63) is 76.5 Å². The molecule has 8 nitrogen and oxygen atoms in total. The van der Waals surface area contributed by atoms with Crippen LogP contribution in [0.2, 0.25) is 0 Å². The molecule has 4 rings (SSSR count). The van der Waals surface area contributed by atoms with Gasteiger partial charge in [0.1, 0.15) is 11.5 Å². The normalized spacial score (nSPS) is 15.5. The molecule has 1 aliphatic rings. The lowest BCUT2D eigenvalue weighted by Gasteiger charge is -2.42. The third kappa shape index (κ3) is 6.81. The van der Waals surface area contributed by atoms with Crippen molar-refractivity contribution < 1.29 is 19.1 Å². The van der Waals surface area contributed by atoms with Gasteiger partial charge in [0.05, 0.1) is 20.3 Å². The Morgan fingerprint density at radius 3 is 2.08 bits per heavy atom. The zero-order chi connectivity index (χ0) is 26.2. The van der Waals surface area contributed by atoms with Crippen LogP contribution in [0.4, 0.5) is 5.69 Å². The summed E-state index contributed by atoms with van der Waals surface area (Å²) < 4.78 is 10.4. The van der Waals surface area contributed by atoms with Crippen molar-refractivity contribution in [2.45, 2.75) is 25.6 Å². The van der Waals surface area contributed by atoms with Gasteiger partial charge in [-0.25, -0.2) is 0 Å². The molecule has 196 valence electrons. The first kappa shape index (κ1) is 26.5. The number of hydrogen-bond acceptors (Lipinski definition) is 7. The number of hydrogen-bond donors (Lipinski definition) is 2. The van der Waals surface area contributed by atoms with Crippen LogP contribution in [0.1, 0.15) is 23.4 Å². The lowest BCUT2D eigenvalue weighted by molar-refractivity contribution is -0.140. The largest absolute Gasteiger partial charge is 0.497 e. The Balaban J connectivity index is 1.34. The Hall–Kier alpha value is -3.56. The third-order valence-electron chi connectivity index (χ3n) is 6.63. The van der Waals surface area contributed by atoms with E-state index in [9.17, 15) is 9.59 Å². The zero-order valence-electron chi connectivity index (χ0n) is 21.5. The molecule has 0 spiro atoms. The lowest BCUT2D eigenvalue weighted by Crippen LogP contribution is -2.53. The molecule has 0 aliphatic carbocycles. The van der Waals surface area contributed by atoms with Crippen molar-refractivity contribution in [2.75, 3.05) is 45.3 Å². The van der Waals surface area contributed by atoms with E-state index in [0.29, 0.717) is 0 Å². The smallest absolute Gasteiger partial charge is 0.309 e. The number of carbonyl (C=O) groups excluding carboxylic acids is 2. The summed E-state index contributed by atoms with van der Waals surface area (Å²) in [6, 6.07) is 19.3. The van der Waals surface area contributed by atoms with E-state index in [1.807, 2.05) is 54.8 Å². The molecule has 2 atom stereocenters. The molecular formula is C28H34N4O4S. The zero-order valence-corrected chi connectivity index (χ0v) is 22.3. The number of ether oxygens (including phenoxy) is 2. The predicted octanol–water partition coefficient (Wildman–Crippen LogP) is 3.45. The summed E-state index contributed by atoms with van der Waals surface area (Å²) in [6.45, 7) is 5.67. The Labute approximate surface area is 222 Å². The second kappa shape index (κ2) is 12.6. The number of nitrogens with zero attached hydrogens (tertiary/aromatic N) is 2. The van der Waals surface area contributed by atoms with Crippen molar-refractivity contribution in [2.24, 2.45) is 0 Å². The van der Waals surface area contributed by atoms with E-state index in [0.717, 1.165) is 43.2 Å². The van der Waals surface area contributed by atoms with E-state index in [1.54, 1.807) is 25.6 Å². The first-order valence-corrected chi connectivity index (χ1v) is 13.2. The maximum Gasteiger partial charge on any atom is 0.309 e. The topological polar surface area (TPSA) is 83.1 Å². The van der Waals surface area contributed by atoms with Gasteiger partial charge < -0.3 is 25.0 Å². The van der Waals surface area contributed by atoms with Gasteiger partial charge in [0.25, 0.3) is 0 Å². The van der Waals surface area contributed by atoms with Gasteiger partial charge in [0.15, 0.2) is 0 Å². The summed E-state index contributed by atoms with van der Waals surface area (Å²) in [7, 11) is 3.27. The minimum atomic E-state index is -0.642. The van der Waals surface area contributed by atoms with E-state index < -0.39 is 11.8 Å².